The molecule has 0 amide bonds. The van der Waals surface area contributed by atoms with Crippen LogP contribution in [-0.2, 0) is 0 Å². The molecule has 0 aliphatic carbocycles. The highest BCUT2D eigenvalue weighted by molar-refractivity contribution is 7.80. The van der Waals surface area contributed by atoms with Gasteiger partial charge in [0.2, 0.25) is 5.95 Å². The predicted molar refractivity (Wildman–Crippen MR) is 55.3 cm³/mol. The molecule has 0 aliphatic rings. The molecule has 0 radical (unpaired) electrons. The van der Waals surface area contributed by atoms with Crippen molar-refractivity contribution in [3.8, 4) is 0 Å². The zero-order valence-corrected chi connectivity index (χ0v) is 8.34. The molecule has 13 heavy (non-hydrogen) atoms. The number of nitrogens with two attached hydrogens (primary N) is 1. The first-order valence-corrected chi connectivity index (χ1v) is 4.60. The molecule has 0 saturated carbocycles. The van der Waals surface area contributed by atoms with Crippen LogP contribution in [-0.4, -0.2) is 26.4 Å². The van der Waals surface area contributed by atoms with Gasteiger partial charge in [0, 0.05) is 6.54 Å². The lowest BCUT2D eigenvalue weighted by molar-refractivity contribution is 0.738. The maximum absolute atomic E-state index is 5.34. The number of unbranched alkanes of at least 4 members (excludes halogenated alkanes) is 1. The van der Waals surface area contributed by atoms with Gasteiger partial charge in [-0.1, -0.05) is 13.3 Å². The lowest BCUT2D eigenvalue weighted by Crippen LogP contribution is -2.29. The van der Waals surface area contributed by atoms with Crippen molar-refractivity contribution in [2.45, 2.75) is 19.8 Å². The molecule has 1 aromatic heterocycles. The van der Waals surface area contributed by atoms with E-state index in [-0.39, 0.29) is 5.95 Å². The largest absolute Gasteiger partial charge is 0.366 e. The van der Waals surface area contributed by atoms with Crippen LogP contribution in [0.5, 0.6) is 0 Å². The van der Waals surface area contributed by atoms with Crippen LogP contribution >= 0.6 is 12.2 Å². The van der Waals surface area contributed by atoms with Crippen molar-refractivity contribution in [3.63, 3.8) is 0 Å². The maximum Gasteiger partial charge on any atom is 0.239 e. The number of nitrogens with one attached hydrogen (secondary N) is 1. The van der Waals surface area contributed by atoms with Gasteiger partial charge in [-0.2, -0.15) is 4.68 Å². The molecule has 0 atom stereocenters. The molecule has 0 spiro atoms. The topological polar surface area (TPSA) is 68.8 Å². The second kappa shape index (κ2) is 4.76. The molecule has 0 unspecified atom stereocenters. The van der Waals surface area contributed by atoms with E-state index in [1.165, 1.54) is 11.0 Å². The van der Waals surface area contributed by atoms with Crippen LogP contribution < -0.4 is 11.1 Å². The Labute approximate surface area is 82.3 Å². The van der Waals surface area contributed by atoms with Crippen LogP contribution in [0.4, 0.5) is 5.95 Å². The summed E-state index contributed by atoms with van der Waals surface area (Å²) in [5.41, 5.74) is 5.34. The van der Waals surface area contributed by atoms with E-state index in [1.807, 2.05) is 0 Å². The highest BCUT2D eigenvalue weighted by Crippen LogP contribution is 1.89. The highest BCUT2D eigenvalue weighted by atomic mass is 32.1. The molecule has 0 aromatic carbocycles. The summed E-state index contributed by atoms with van der Waals surface area (Å²) in [4.78, 5) is 3.77. The Morgan fingerprint density at radius 1 is 1.77 bits per heavy atom. The Morgan fingerprint density at radius 2 is 2.54 bits per heavy atom. The van der Waals surface area contributed by atoms with Crippen molar-refractivity contribution >= 4 is 23.3 Å². The lowest BCUT2D eigenvalue weighted by atomic mass is 10.3. The van der Waals surface area contributed by atoms with Gasteiger partial charge < -0.3 is 11.1 Å². The first-order valence-electron chi connectivity index (χ1n) is 4.19. The fraction of sp³-hybridized carbons (Fsp3) is 0.571. The Balaban J connectivity index is 2.40. The van der Waals surface area contributed by atoms with E-state index in [0.717, 1.165) is 19.4 Å². The van der Waals surface area contributed by atoms with Gasteiger partial charge in [-0.3, -0.25) is 0 Å². The maximum atomic E-state index is 5.34. The first kappa shape index (κ1) is 9.91. The van der Waals surface area contributed by atoms with Crippen molar-refractivity contribution < 1.29 is 0 Å². The van der Waals surface area contributed by atoms with Gasteiger partial charge in [-0.05, 0) is 18.6 Å². The van der Waals surface area contributed by atoms with Crippen LogP contribution in [0.15, 0.2) is 6.33 Å². The summed E-state index contributed by atoms with van der Waals surface area (Å²) >= 11 is 5.04. The Morgan fingerprint density at radius 3 is 3.08 bits per heavy atom. The average Bonchev–Trinajstić information content (AvgIpc) is 2.52. The monoisotopic (exact) mass is 199 g/mol. The van der Waals surface area contributed by atoms with Crippen LogP contribution in [0.25, 0.3) is 0 Å². The molecule has 0 aliphatic heterocycles. The minimum atomic E-state index is 0.236. The van der Waals surface area contributed by atoms with Gasteiger partial charge in [-0.15, -0.1) is 5.10 Å². The summed E-state index contributed by atoms with van der Waals surface area (Å²) in [6.45, 7) is 2.98. The normalized spacial score (nSPS) is 9.92. The number of nitrogen functional groups attached to an aromatic ring is 1. The van der Waals surface area contributed by atoms with E-state index < -0.39 is 0 Å². The standard InChI is InChI=1S/C7H13N5S/c1-2-3-4-9-7(13)12-5-10-6(8)11-12/h5H,2-4H2,1H3,(H2,8,11)(H,9,13). The van der Waals surface area contributed by atoms with Crippen molar-refractivity contribution in [3.05, 3.63) is 6.33 Å². The van der Waals surface area contributed by atoms with Gasteiger partial charge >= 0.3 is 0 Å². The molecule has 0 bridgehead atoms. The van der Waals surface area contributed by atoms with E-state index >= 15 is 0 Å². The van der Waals surface area contributed by atoms with E-state index in [1.54, 1.807) is 0 Å². The minimum Gasteiger partial charge on any atom is -0.366 e. The molecule has 1 rings (SSSR count). The lowest BCUT2D eigenvalue weighted by Gasteiger charge is -2.04. The zero-order valence-electron chi connectivity index (χ0n) is 7.53. The molecule has 3 N–H and O–H groups in total. The number of rotatable bonds is 3. The van der Waals surface area contributed by atoms with Crippen LogP contribution in [0.3, 0.4) is 0 Å². The summed E-state index contributed by atoms with van der Waals surface area (Å²) in [5, 5.41) is 7.46. The number of aromatic nitrogens is 3. The Hall–Kier alpha value is -1.17. The fourth-order valence-electron chi connectivity index (χ4n) is 0.827. The zero-order chi connectivity index (χ0) is 9.68. The highest BCUT2D eigenvalue weighted by Gasteiger charge is 2.00. The number of nitrogens with zero attached hydrogens (tertiary/aromatic N) is 3. The van der Waals surface area contributed by atoms with E-state index in [0.29, 0.717) is 5.11 Å². The molecular weight excluding hydrogens is 186 g/mol. The summed E-state index contributed by atoms with van der Waals surface area (Å²) in [6, 6.07) is 0. The Kier molecular flexibility index (Phi) is 3.63. The SMILES string of the molecule is CCCCNC(=S)n1cnc(N)n1. The fourth-order valence-corrected chi connectivity index (χ4v) is 1.02. The van der Waals surface area contributed by atoms with Gasteiger partial charge in [0.05, 0.1) is 0 Å². The molecule has 0 fully saturated rings. The second-order valence-electron chi connectivity index (χ2n) is 2.63. The van der Waals surface area contributed by atoms with Crippen molar-refractivity contribution in [1.82, 2.24) is 20.1 Å². The van der Waals surface area contributed by atoms with Crippen molar-refractivity contribution in [2.24, 2.45) is 0 Å². The van der Waals surface area contributed by atoms with Crippen LogP contribution in [0, 0.1) is 0 Å². The third-order valence-corrected chi connectivity index (χ3v) is 1.86. The van der Waals surface area contributed by atoms with Gasteiger partial charge in [0.25, 0.3) is 0 Å². The summed E-state index contributed by atoms with van der Waals surface area (Å²) in [7, 11) is 0. The van der Waals surface area contributed by atoms with Crippen LogP contribution in [0.1, 0.15) is 19.8 Å². The third kappa shape index (κ3) is 2.98. The molecule has 0 saturated heterocycles. The smallest absolute Gasteiger partial charge is 0.239 e. The third-order valence-electron chi connectivity index (χ3n) is 1.52. The van der Waals surface area contributed by atoms with E-state index in [4.69, 9.17) is 18.0 Å². The molecule has 6 heteroatoms. The molecule has 1 aromatic rings. The summed E-state index contributed by atoms with van der Waals surface area (Å²) in [6.07, 6.45) is 3.72. The van der Waals surface area contributed by atoms with Crippen LogP contribution in [0.2, 0.25) is 0 Å². The van der Waals surface area contributed by atoms with E-state index in [2.05, 4.69) is 22.3 Å². The minimum absolute atomic E-state index is 0.236. The number of thiocarbonyl (C=S) groups is 1. The van der Waals surface area contributed by atoms with Gasteiger partial charge in [0.1, 0.15) is 6.33 Å². The van der Waals surface area contributed by atoms with Gasteiger partial charge in [0.15, 0.2) is 5.11 Å². The average molecular weight is 199 g/mol. The first-order chi connectivity index (χ1) is 6.24. The second-order valence-corrected chi connectivity index (χ2v) is 3.02. The quantitative estimate of drug-likeness (QED) is 0.544. The predicted octanol–water partition coefficient (Wildman–Crippen LogP) is 0.383. The van der Waals surface area contributed by atoms with E-state index in [9.17, 15) is 0 Å². The molecule has 5 nitrogen and oxygen atoms in total. The number of anilines is 1. The Bertz CT molecular complexity index is 282. The molecule has 1 heterocycles. The van der Waals surface area contributed by atoms with Crippen molar-refractivity contribution in [2.75, 3.05) is 12.3 Å². The number of hydrogen-bond donors (Lipinski definition) is 2. The molecule has 72 valence electrons. The van der Waals surface area contributed by atoms with Crippen molar-refractivity contribution in [1.29, 1.82) is 0 Å². The molecular formula is C7H13N5S. The van der Waals surface area contributed by atoms with Gasteiger partial charge in [-0.25, -0.2) is 4.98 Å². The number of hydrogen-bond acceptors (Lipinski definition) is 4. The summed E-state index contributed by atoms with van der Waals surface area (Å²) in [5.74, 6) is 0.236. The summed E-state index contributed by atoms with van der Waals surface area (Å²) < 4.78 is 1.46.